The molecule has 1 aromatic heterocycles. The van der Waals surface area contributed by atoms with E-state index in [2.05, 4.69) is 24.1 Å². The van der Waals surface area contributed by atoms with E-state index in [0.717, 1.165) is 39.5 Å². The van der Waals surface area contributed by atoms with Crippen LogP contribution in [0, 0.1) is 12.8 Å². The number of amides is 1. The molecule has 0 spiro atoms. The third kappa shape index (κ3) is 5.15. The van der Waals surface area contributed by atoms with Gasteiger partial charge in [0, 0.05) is 6.54 Å². The molecule has 0 bridgehead atoms. The molecule has 0 radical (unpaired) electrons. The molecular formula is C18H24N2O2S. The fraction of sp³-hybridized carbons (Fsp3) is 0.444. The summed E-state index contributed by atoms with van der Waals surface area (Å²) in [5.74, 6) is 0.450. The molecule has 1 amide bonds. The number of aromatic nitrogens is 1. The van der Waals surface area contributed by atoms with Gasteiger partial charge in [-0.2, -0.15) is 0 Å². The number of benzene rings is 1. The second kappa shape index (κ2) is 8.22. The maximum absolute atomic E-state index is 12.4. The summed E-state index contributed by atoms with van der Waals surface area (Å²) in [5.41, 5.74) is 2.95. The summed E-state index contributed by atoms with van der Waals surface area (Å²) in [7, 11) is 0. The number of nitrogens with one attached hydrogen (secondary N) is 1. The number of hydrogen-bond donors (Lipinski definition) is 2. The molecule has 0 atom stereocenters. The second-order valence-electron chi connectivity index (χ2n) is 6.09. The van der Waals surface area contributed by atoms with E-state index in [0.29, 0.717) is 12.5 Å². The Kier molecular flexibility index (Phi) is 6.30. The lowest BCUT2D eigenvalue weighted by molar-refractivity contribution is 0.0957. The van der Waals surface area contributed by atoms with Gasteiger partial charge in [-0.15, -0.1) is 11.3 Å². The van der Waals surface area contributed by atoms with Crippen molar-refractivity contribution in [2.75, 3.05) is 6.54 Å². The van der Waals surface area contributed by atoms with Crippen molar-refractivity contribution in [3.8, 4) is 0 Å². The topological polar surface area (TPSA) is 62.2 Å². The molecule has 2 rings (SSSR count). The van der Waals surface area contributed by atoms with Crippen molar-refractivity contribution in [2.24, 2.45) is 5.92 Å². The summed E-state index contributed by atoms with van der Waals surface area (Å²) in [4.78, 5) is 17.6. The number of carbonyl (C=O) groups is 1. The molecule has 0 aliphatic carbocycles. The molecule has 2 aromatic rings. The highest BCUT2D eigenvalue weighted by molar-refractivity contribution is 7.13. The van der Waals surface area contributed by atoms with Gasteiger partial charge in [0.2, 0.25) is 0 Å². The van der Waals surface area contributed by atoms with Crippen LogP contribution in [0.3, 0.4) is 0 Å². The van der Waals surface area contributed by atoms with E-state index < -0.39 is 0 Å². The van der Waals surface area contributed by atoms with Crippen LogP contribution in [0.4, 0.5) is 0 Å². The van der Waals surface area contributed by atoms with E-state index in [4.69, 9.17) is 5.11 Å². The highest BCUT2D eigenvalue weighted by Crippen LogP contribution is 2.20. The number of hydrogen-bond acceptors (Lipinski definition) is 4. The standard InChI is InChI=1S/C18H24N2O2S/c1-12(2)10-16-17(23-13(3)20-16)18(22)19-9-8-14-4-6-15(11-21)7-5-14/h4-7,12,21H,8-11H2,1-3H3,(H,19,22). The van der Waals surface area contributed by atoms with Crippen molar-refractivity contribution >= 4 is 17.2 Å². The molecule has 0 unspecified atom stereocenters. The number of nitrogens with zero attached hydrogens (tertiary/aromatic N) is 1. The van der Waals surface area contributed by atoms with Gasteiger partial charge < -0.3 is 10.4 Å². The lowest BCUT2D eigenvalue weighted by Crippen LogP contribution is -2.26. The lowest BCUT2D eigenvalue weighted by Gasteiger charge is -2.07. The van der Waals surface area contributed by atoms with Crippen molar-refractivity contribution in [3.05, 3.63) is 51.0 Å². The summed E-state index contributed by atoms with van der Waals surface area (Å²) < 4.78 is 0. The Labute approximate surface area is 141 Å². The van der Waals surface area contributed by atoms with E-state index in [1.165, 1.54) is 11.3 Å². The first-order chi connectivity index (χ1) is 11.0. The highest BCUT2D eigenvalue weighted by atomic mass is 32.1. The van der Waals surface area contributed by atoms with Gasteiger partial charge in [-0.1, -0.05) is 38.1 Å². The summed E-state index contributed by atoms with van der Waals surface area (Å²) in [6.07, 6.45) is 1.60. The van der Waals surface area contributed by atoms with E-state index in [1.54, 1.807) is 0 Å². The van der Waals surface area contributed by atoms with Gasteiger partial charge in [0.15, 0.2) is 0 Å². The van der Waals surface area contributed by atoms with Crippen molar-refractivity contribution in [2.45, 2.75) is 40.2 Å². The van der Waals surface area contributed by atoms with Crippen LogP contribution < -0.4 is 5.32 Å². The van der Waals surface area contributed by atoms with Crippen LogP contribution in [-0.2, 0) is 19.4 Å². The van der Waals surface area contributed by atoms with Gasteiger partial charge in [0.1, 0.15) is 4.88 Å². The third-order valence-corrected chi connectivity index (χ3v) is 4.53. The van der Waals surface area contributed by atoms with Crippen molar-refractivity contribution in [1.29, 1.82) is 0 Å². The fourth-order valence-corrected chi connectivity index (χ4v) is 3.25. The number of aliphatic hydroxyl groups is 1. The van der Waals surface area contributed by atoms with Gasteiger partial charge >= 0.3 is 0 Å². The fourth-order valence-electron chi connectivity index (χ4n) is 2.38. The van der Waals surface area contributed by atoms with Crippen molar-refractivity contribution < 1.29 is 9.90 Å². The summed E-state index contributed by atoms with van der Waals surface area (Å²) in [5, 5.41) is 13.0. The number of thiazole rings is 1. The Morgan fingerprint density at radius 2 is 1.91 bits per heavy atom. The molecule has 0 fully saturated rings. The number of aryl methyl sites for hydroxylation is 1. The zero-order valence-corrected chi connectivity index (χ0v) is 14.7. The van der Waals surface area contributed by atoms with E-state index in [-0.39, 0.29) is 12.5 Å². The zero-order chi connectivity index (χ0) is 16.8. The van der Waals surface area contributed by atoms with Crippen molar-refractivity contribution in [1.82, 2.24) is 10.3 Å². The van der Waals surface area contributed by atoms with Crippen LogP contribution >= 0.6 is 11.3 Å². The Morgan fingerprint density at radius 3 is 2.52 bits per heavy atom. The minimum atomic E-state index is -0.0294. The number of aliphatic hydroxyl groups excluding tert-OH is 1. The van der Waals surface area contributed by atoms with Crippen LogP contribution in [0.25, 0.3) is 0 Å². The Balaban J connectivity index is 1.91. The first kappa shape index (κ1) is 17.6. The first-order valence-electron chi connectivity index (χ1n) is 7.92. The summed E-state index contributed by atoms with van der Waals surface area (Å²) >= 11 is 1.46. The van der Waals surface area contributed by atoms with Gasteiger partial charge in [0.05, 0.1) is 17.3 Å². The van der Waals surface area contributed by atoms with Gasteiger partial charge in [-0.25, -0.2) is 4.98 Å². The Hall–Kier alpha value is -1.72. The zero-order valence-electron chi connectivity index (χ0n) is 13.9. The van der Waals surface area contributed by atoms with E-state index in [1.807, 2.05) is 31.2 Å². The van der Waals surface area contributed by atoms with Crippen LogP contribution in [0.2, 0.25) is 0 Å². The molecule has 4 nitrogen and oxygen atoms in total. The maximum Gasteiger partial charge on any atom is 0.263 e. The monoisotopic (exact) mass is 332 g/mol. The van der Waals surface area contributed by atoms with Crippen molar-refractivity contribution in [3.63, 3.8) is 0 Å². The predicted octanol–water partition coefficient (Wildman–Crippen LogP) is 3.11. The molecule has 0 aliphatic heterocycles. The maximum atomic E-state index is 12.4. The van der Waals surface area contributed by atoms with Crippen LogP contribution in [0.1, 0.15) is 45.3 Å². The predicted molar refractivity (Wildman–Crippen MR) is 93.8 cm³/mol. The van der Waals surface area contributed by atoms with Crippen LogP contribution in [0.15, 0.2) is 24.3 Å². The Bertz CT molecular complexity index is 648. The smallest absolute Gasteiger partial charge is 0.263 e. The molecule has 2 N–H and O–H groups in total. The molecule has 1 aromatic carbocycles. The molecule has 23 heavy (non-hydrogen) atoms. The largest absolute Gasteiger partial charge is 0.392 e. The highest BCUT2D eigenvalue weighted by Gasteiger charge is 2.17. The van der Waals surface area contributed by atoms with Gasteiger partial charge in [-0.05, 0) is 36.8 Å². The molecule has 0 aliphatic rings. The normalized spacial score (nSPS) is 11.0. The molecular weight excluding hydrogens is 308 g/mol. The van der Waals surface area contributed by atoms with Crippen LogP contribution in [-0.4, -0.2) is 22.5 Å². The molecule has 124 valence electrons. The molecule has 1 heterocycles. The summed E-state index contributed by atoms with van der Waals surface area (Å²) in [6, 6.07) is 7.78. The minimum Gasteiger partial charge on any atom is -0.392 e. The average molecular weight is 332 g/mol. The number of carbonyl (C=O) groups excluding carboxylic acids is 1. The quantitative estimate of drug-likeness (QED) is 0.819. The van der Waals surface area contributed by atoms with E-state index in [9.17, 15) is 4.79 Å². The van der Waals surface area contributed by atoms with E-state index >= 15 is 0 Å². The lowest BCUT2D eigenvalue weighted by atomic mass is 10.1. The molecule has 5 heteroatoms. The third-order valence-electron chi connectivity index (χ3n) is 3.52. The second-order valence-corrected chi connectivity index (χ2v) is 7.29. The van der Waals surface area contributed by atoms with Gasteiger partial charge in [0.25, 0.3) is 5.91 Å². The summed E-state index contributed by atoms with van der Waals surface area (Å²) in [6.45, 7) is 6.85. The molecule has 0 saturated carbocycles. The number of rotatable bonds is 7. The Morgan fingerprint density at radius 1 is 1.26 bits per heavy atom. The minimum absolute atomic E-state index is 0.0294. The average Bonchev–Trinajstić information content (AvgIpc) is 2.87. The molecule has 0 saturated heterocycles. The first-order valence-corrected chi connectivity index (χ1v) is 8.74. The SMILES string of the molecule is Cc1nc(CC(C)C)c(C(=O)NCCc2ccc(CO)cc2)s1. The van der Waals surface area contributed by atoms with Gasteiger partial charge in [-0.3, -0.25) is 4.79 Å². The van der Waals surface area contributed by atoms with Crippen LogP contribution in [0.5, 0.6) is 0 Å².